The normalized spacial score (nSPS) is 19.6. The number of hydrogen-bond acceptors (Lipinski definition) is 5. The zero-order chi connectivity index (χ0) is 19.7. The summed E-state index contributed by atoms with van der Waals surface area (Å²) in [6, 6.07) is 9.59. The molecule has 3 heterocycles. The van der Waals surface area contributed by atoms with Crippen LogP contribution in [0.5, 0.6) is 0 Å². The number of carbonyl (C=O) groups excluding carboxylic acids is 1. The molecule has 0 spiro atoms. The lowest BCUT2D eigenvalue weighted by atomic mass is 9.99. The molecule has 2 aliphatic heterocycles. The highest BCUT2D eigenvalue weighted by atomic mass is 32.2. The number of thioether (sulfide) groups is 2. The number of carbonyl (C=O) groups is 1. The van der Waals surface area contributed by atoms with E-state index < -0.39 is 0 Å². The fraction of sp³-hybridized carbons (Fsp3) is 0.476. The number of amides is 1. The van der Waals surface area contributed by atoms with Gasteiger partial charge in [-0.15, -0.1) is 11.8 Å². The second-order valence-electron chi connectivity index (χ2n) is 7.63. The van der Waals surface area contributed by atoms with Crippen LogP contribution in [0.1, 0.15) is 32.4 Å². The molecule has 0 unspecified atom stereocenters. The van der Waals surface area contributed by atoms with Crippen LogP contribution < -0.4 is 5.56 Å². The molecule has 4 rings (SSSR count). The first-order chi connectivity index (χ1) is 13.5. The van der Waals surface area contributed by atoms with Crippen LogP contribution >= 0.6 is 23.5 Å². The number of nitrogens with zero attached hydrogens (tertiary/aromatic N) is 3. The van der Waals surface area contributed by atoms with Crippen LogP contribution in [0.15, 0.2) is 45.2 Å². The molecule has 1 atom stereocenters. The fourth-order valence-electron chi connectivity index (χ4n) is 3.68. The van der Waals surface area contributed by atoms with Crippen LogP contribution in [-0.4, -0.2) is 44.5 Å². The number of piperidine rings is 1. The summed E-state index contributed by atoms with van der Waals surface area (Å²) in [5.41, 5.74) is 1.65. The van der Waals surface area contributed by atoms with Crippen molar-refractivity contribution in [2.24, 2.45) is 5.92 Å². The first-order valence-corrected chi connectivity index (χ1v) is 11.7. The molecule has 0 radical (unpaired) electrons. The summed E-state index contributed by atoms with van der Waals surface area (Å²) in [6.07, 6.45) is 2.94. The van der Waals surface area contributed by atoms with Gasteiger partial charge < -0.3 is 4.90 Å². The number of likely N-dealkylation sites (tertiary alicyclic amines) is 1. The number of fused-ring (bicyclic) bond motifs is 1. The Morgan fingerprint density at radius 1 is 1.21 bits per heavy atom. The molecule has 5 nitrogen and oxygen atoms in total. The molecule has 0 bridgehead atoms. The monoisotopic (exact) mass is 415 g/mol. The molecule has 1 fully saturated rings. The quantitative estimate of drug-likeness (QED) is 0.564. The van der Waals surface area contributed by atoms with Crippen LogP contribution in [0.2, 0.25) is 0 Å². The third-order valence-electron chi connectivity index (χ3n) is 5.36. The Hall–Kier alpha value is -1.73. The highest BCUT2D eigenvalue weighted by molar-refractivity contribution is 8.00. The summed E-state index contributed by atoms with van der Waals surface area (Å²) in [6.45, 7) is 6.02. The molecule has 148 valence electrons. The van der Waals surface area contributed by atoms with E-state index in [9.17, 15) is 9.59 Å². The lowest BCUT2D eigenvalue weighted by Crippen LogP contribution is -2.39. The van der Waals surface area contributed by atoms with E-state index in [4.69, 9.17) is 4.98 Å². The van der Waals surface area contributed by atoms with Gasteiger partial charge in [0.25, 0.3) is 5.56 Å². The minimum atomic E-state index is -0.0210. The van der Waals surface area contributed by atoms with E-state index in [1.165, 1.54) is 11.8 Å². The van der Waals surface area contributed by atoms with E-state index in [0.29, 0.717) is 22.1 Å². The third kappa shape index (κ3) is 4.01. The van der Waals surface area contributed by atoms with Crippen LogP contribution in [0.4, 0.5) is 0 Å². The smallest absolute Gasteiger partial charge is 0.272 e. The minimum Gasteiger partial charge on any atom is -0.342 e. The van der Waals surface area contributed by atoms with Gasteiger partial charge in [0.1, 0.15) is 0 Å². The van der Waals surface area contributed by atoms with Gasteiger partial charge in [0.15, 0.2) is 5.16 Å². The largest absolute Gasteiger partial charge is 0.342 e. The molecule has 0 saturated carbocycles. The Kier molecular flexibility index (Phi) is 5.83. The zero-order valence-electron chi connectivity index (χ0n) is 16.3. The Bertz CT molecular complexity index is 921. The molecule has 1 amide bonds. The van der Waals surface area contributed by atoms with Crippen molar-refractivity contribution < 1.29 is 4.79 Å². The van der Waals surface area contributed by atoms with Crippen molar-refractivity contribution in [3.63, 3.8) is 0 Å². The van der Waals surface area contributed by atoms with Crippen molar-refractivity contribution in [1.29, 1.82) is 0 Å². The maximum atomic E-state index is 13.2. The van der Waals surface area contributed by atoms with E-state index in [1.807, 2.05) is 35.2 Å². The number of benzene rings is 1. The van der Waals surface area contributed by atoms with E-state index in [2.05, 4.69) is 13.8 Å². The topological polar surface area (TPSA) is 55.2 Å². The maximum Gasteiger partial charge on any atom is 0.272 e. The summed E-state index contributed by atoms with van der Waals surface area (Å²) in [7, 11) is 0. The molecule has 1 saturated heterocycles. The van der Waals surface area contributed by atoms with E-state index in [1.54, 1.807) is 16.3 Å². The molecular formula is C21H25N3O2S2. The summed E-state index contributed by atoms with van der Waals surface area (Å²) < 4.78 is 1.67. The van der Waals surface area contributed by atoms with Crippen LogP contribution in [0.3, 0.4) is 0 Å². The van der Waals surface area contributed by atoms with E-state index in [-0.39, 0.29) is 11.5 Å². The lowest BCUT2D eigenvalue weighted by Gasteiger charge is -2.30. The SMILES string of the molecule is CC1CCN(C(=O)CSc2nc3c(c(=O)n2-c2ccccc2)S[C@@H](C)C3)CC1. The van der Waals surface area contributed by atoms with Gasteiger partial charge in [-0.05, 0) is 30.9 Å². The Morgan fingerprint density at radius 2 is 1.93 bits per heavy atom. The predicted octanol–water partition coefficient (Wildman–Crippen LogP) is 3.62. The van der Waals surface area contributed by atoms with Gasteiger partial charge in [0.2, 0.25) is 5.91 Å². The second-order valence-corrected chi connectivity index (χ2v) is 10.0. The fourth-order valence-corrected chi connectivity index (χ4v) is 5.71. The van der Waals surface area contributed by atoms with Crippen LogP contribution in [0, 0.1) is 5.92 Å². The van der Waals surface area contributed by atoms with Gasteiger partial charge in [-0.1, -0.05) is 43.8 Å². The molecular weight excluding hydrogens is 390 g/mol. The van der Waals surface area contributed by atoms with Gasteiger partial charge in [0.05, 0.1) is 22.0 Å². The maximum absolute atomic E-state index is 13.2. The Labute approximate surface area is 173 Å². The molecule has 28 heavy (non-hydrogen) atoms. The lowest BCUT2D eigenvalue weighted by molar-refractivity contribution is -0.129. The average Bonchev–Trinajstić information content (AvgIpc) is 3.08. The second kappa shape index (κ2) is 8.33. The van der Waals surface area contributed by atoms with Gasteiger partial charge in [-0.25, -0.2) is 4.98 Å². The van der Waals surface area contributed by atoms with Crippen molar-refractivity contribution in [3.8, 4) is 5.69 Å². The van der Waals surface area contributed by atoms with Crippen LogP contribution in [-0.2, 0) is 11.2 Å². The van der Waals surface area contributed by atoms with Gasteiger partial charge >= 0.3 is 0 Å². The number of aromatic nitrogens is 2. The molecule has 1 aromatic heterocycles. The Balaban J connectivity index is 1.61. The standard InChI is InChI=1S/C21H25N3O2S2/c1-14-8-10-23(11-9-14)18(25)13-27-21-22-17-12-15(2)28-19(17)20(26)24(21)16-6-4-3-5-7-16/h3-7,14-15H,8-13H2,1-2H3/t15-/m0/s1. The first-order valence-electron chi connectivity index (χ1n) is 9.81. The number of hydrogen-bond donors (Lipinski definition) is 0. The van der Waals surface area contributed by atoms with Crippen LogP contribution in [0.25, 0.3) is 5.69 Å². The summed E-state index contributed by atoms with van der Waals surface area (Å²) in [5.74, 6) is 1.14. The molecule has 0 aliphatic carbocycles. The number of rotatable bonds is 4. The molecule has 1 aromatic carbocycles. The Morgan fingerprint density at radius 3 is 2.64 bits per heavy atom. The highest BCUT2D eigenvalue weighted by Gasteiger charge is 2.27. The van der Waals surface area contributed by atoms with Crippen molar-refractivity contribution in [3.05, 3.63) is 46.4 Å². The summed E-state index contributed by atoms with van der Waals surface area (Å²) in [4.78, 5) is 33.4. The molecule has 2 aliphatic rings. The molecule has 0 N–H and O–H groups in total. The third-order valence-corrected chi connectivity index (χ3v) is 7.49. The van der Waals surface area contributed by atoms with E-state index >= 15 is 0 Å². The van der Waals surface area contributed by atoms with Gasteiger partial charge in [-0.2, -0.15) is 0 Å². The minimum absolute atomic E-state index is 0.0210. The van der Waals surface area contributed by atoms with Gasteiger partial charge in [-0.3, -0.25) is 14.2 Å². The predicted molar refractivity (Wildman–Crippen MR) is 115 cm³/mol. The highest BCUT2D eigenvalue weighted by Crippen LogP contribution is 2.35. The van der Waals surface area contributed by atoms with Gasteiger partial charge in [0, 0.05) is 24.8 Å². The summed E-state index contributed by atoms with van der Waals surface area (Å²) >= 11 is 2.98. The molecule has 7 heteroatoms. The number of para-hydroxylation sites is 1. The first kappa shape index (κ1) is 19.6. The van der Waals surface area contributed by atoms with Crippen molar-refractivity contribution >= 4 is 29.4 Å². The molecule has 2 aromatic rings. The zero-order valence-corrected chi connectivity index (χ0v) is 17.9. The van der Waals surface area contributed by atoms with Crippen molar-refractivity contribution in [2.45, 2.75) is 48.4 Å². The summed E-state index contributed by atoms with van der Waals surface area (Å²) in [5, 5.41) is 0.972. The van der Waals surface area contributed by atoms with E-state index in [0.717, 1.165) is 48.6 Å². The van der Waals surface area contributed by atoms with Crippen molar-refractivity contribution in [1.82, 2.24) is 14.5 Å². The van der Waals surface area contributed by atoms with Crippen molar-refractivity contribution in [2.75, 3.05) is 18.8 Å². The average molecular weight is 416 g/mol.